The van der Waals surface area contributed by atoms with Crippen molar-refractivity contribution in [1.82, 2.24) is 9.62 Å². The third-order valence-corrected chi connectivity index (χ3v) is 8.00. The lowest BCUT2D eigenvalue weighted by atomic mass is 10.2. The molecule has 1 amide bonds. The first-order valence-electron chi connectivity index (χ1n) is 7.67. The van der Waals surface area contributed by atoms with Gasteiger partial charge in [0.25, 0.3) is 10.0 Å². The Bertz CT molecular complexity index is 868. The fraction of sp³-hybridized carbons (Fsp3) is 0.312. The van der Waals surface area contributed by atoms with Crippen molar-refractivity contribution in [2.45, 2.75) is 29.6 Å². The van der Waals surface area contributed by atoms with Crippen LogP contribution >= 0.6 is 27.3 Å². The Morgan fingerprint density at radius 3 is 2.64 bits per heavy atom. The predicted molar refractivity (Wildman–Crippen MR) is 97.2 cm³/mol. The minimum atomic E-state index is -3.69. The number of rotatable bonds is 5. The molecule has 9 heteroatoms. The van der Waals surface area contributed by atoms with E-state index in [1.807, 2.05) is 0 Å². The van der Waals surface area contributed by atoms with E-state index in [0.717, 1.165) is 20.7 Å². The van der Waals surface area contributed by atoms with Crippen LogP contribution in [0.4, 0.5) is 4.39 Å². The summed E-state index contributed by atoms with van der Waals surface area (Å²) in [5.41, 5.74) is 0.754. The van der Waals surface area contributed by atoms with Gasteiger partial charge < -0.3 is 5.32 Å². The largest absolute Gasteiger partial charge is 0.351 e. The molecule has 3 rings (SSSR count). The Labute approximate surface area is 158 Å². The summed E-state index contributed by atoms with van der Waals surface area (Å²) in [5.74, 6) is -0.675. The van der Waals surface area contributed by atoms with Gasteiger partial charge in [0.05, 0.1) is 3.79 Å². The van der Waals surface area contributed by atoms with Crippen LogP contribution in [0.15, 0.2) is 44.4 Å². The maximum absolute atomic E-state index is 12.9. The van der Waals surface area contributed by atoms with Crippen molar-refractivity contribution < 1.29 is 17.6 Å². The van der Waals surface area contributed by atoms with Crippen LogP contribution in [0, 0.1) is 5.82 Å². The van der Waals surface area contributed by atoms with Crippen molar-refractivity contribution in [3.05, 3.63) is 51.6 Å². The van der Waals surface area contributed by atoms with Crippen LogP contribution in [0.5, 0.6) is 0 Å². The lowest BCUT2D eigenvalue weighted by molar-refractivity contribution is -0.124. The molecule has 0 radical (unpaired) electrons. The quantitative estimate of drug-likeness (QED) is 0.766. The molecule has 1 unspecified atom stereocenters. The fourth-order valence-corrected chi connectivity index (χ4v) is 6.55. The summed E-state index contributed by atoms with van der Waals surface area (Å²) in [7, 11) is -3.69. The smallest absolute Gasteiger partial charge is 0.253 e. The van der Waals surface area contributed by atoms with Crippen LogP contribution in [0.2, 0.25) is 0 Å². The van der Waals surface area contributed by atoms with Gasteiger partial charge in [0.1, 0.15) is 16.1 Å². The second-order valence-corrected chi connectivity index (χ2v) is 10.3. The van der Waals surface area contributed by atoms with E-state index in [2.05, 4.69) is 21.2 Å². The molecule has 0 spiro atoms. The van der Waals surface area contributed by atoms with Gasteiger partial charge in [-0.25, -0.2) is 12.8 Å². The number of nitrogens with one attached hydrogen (secondary N) is 1. The standard InChI is InChI=1S/C16H16BrFN2O3S2/c17-14-7-8-15(24-14)25(22,23)20-9-1-2-13(20)16(21)19-10-11-3-5-12(18)6-4-11/h3-8,13H,1-2,9-10H2,(H,19,21). The van der Waals surface area contributed by atoms with E-state index in [-0.39, 0.29) is 22.5 Å². The van der Waals surface area contributed by atoms with Crippen LogP contribution < -0.4 is 5.32 Å². The molecule has 0 saturated carbocycles. The molecule has 25 heavy (non-hydrogen) atoms. The van der Waals surface area contributed by atoms with Gasteiger partial charge >= 0.3 is 0 Å². The number of carbonyl (C=O) groups excluding carboxylic acids is 1. The molecule has 2 heterocycles. The molecular formula is C16H16BrFN2O3S2. The second kappa shape index (κ2) is 7.53. The van der Waals surface area contributed by atoms with E-state index in [0.29, 0.717) is 19.4 Å². The molecule has 1 aromatic heterocycles. The lowest BCUT2D eigenvalue weighted by Crippen LogP contribution is -2.45. The van der Waals surface area contributed by atoms with E-state index in [1.54, 1.807) is 18.2 Å². The highest BCUT2D eigenvalue weighted by atomic mass is 79.9. The van der Waals surface area contributed by atoms with Crippen LogP contribution in [0.1, 0.15) is 18.4 Å². The highest BCUT2D eigenvalue weighted by molar-refractivity contribution is 9.11. The normalized spacial score (nSPS) is 18.4. The van der Waals surface area contributed by atoms with Crippen molar-refractivity contribution in [3.63, 3.8) is 0 Å². The summed E-state index contributed by atoms with van der Waals surface area (Å²) in [4.78, 5) is 12.5. The molecule has 1 aromatic carbocycles. The fourth-order valence-electron chi connectivity index (χ4n) is 2.75. The molecule has 1 aliphatic rings. The zero-order valence-electron chi connectivity index (χ0n) is 13.1. The zero-order valence-corrected chi connectivity index (χ0v) is 16.3. The van der Waals surface area contributed by atoms with Crippen LogP contribution in [0.25, 0.3) is 0 Å². The molecule has 134 valence electrons. The van der Waals surface area contributed by atoms with Crippen LogP contribution in [0.3, 0.4) is 0 Å². The maximum atomic E-state index is 12.9. The third-order valence-electron chi connectivity index (χ3n) is 4.00. The molecular weight excluding hydrogens is 431 g/mol. The van der Waals surface area contributed by atoms with Gasteiger partial charge in [-0.05, 0) is 58.6 Å². The van der Waals surface area contributed by atoms with E-state index in [9.17, 15) is 17.6 Å². The second-order valence-electron chi connectivity index (χ2n) is 5.68. The monoisotopic (exact) mass is 446 g/mol. The first-order valence-corrected chi connectivity index (χ1v) is 10.7. The summed E-state index contributed by atoms with van der Waals surface area (Å²) in [6.07, 6.45) is 1.13. The molecule has 0 bridgehead atoms. The molecule has 1 aliphatic heterocycles. The Morgan fingerprint density at radius 1 is 1.28 bits per heavy atom. The van der Waals surface area contributed by atoms with E-state index in [4.69, 9.17) is 0 Å². The SMILES string of the molecule is O=C(NCc1ccc(F)cc1)C1CCCN1S(=O)(=O)c1ccc(Br)s1. The molecule has 1 saturated heterocycles. The number of hydrogen-bond donors (Lipinski definition) is 1. The average molecular weight is 447 g/mol. The topological polar surface area (TPSA) is 66.5 Å². The molecule has 2 aromatic rings. The summed E-state index contributed by atoms with van der Waals surface area (Å²) < 4.78 is 40.7. The number of nitrogens with zero attached hydrogens (tertiary/aromatic N) is 1. The van der Waals surface area contributed by atoms with Gasteiger partial charge in [0.15, 0.2) is 0 Å². The zero-order chi connectivity index (χ0) is 18.0. The molecule has 1 fully saturated rings. The van der Waals surface area contributed by atoms with Gasteiger partial charge in [-0.1, -0.05) is 12.1 Å². The average Bonchev–Trinajstić information content (AvgIpc) is 3.23. The Kier molecular flexibility index (Phi) is 5.57. The minimum Gasteiger partial charge on any atom is -0.351 e. The number of hydrogen-bond acceptors (Lipinski definition) is 4. The van der Waals surface area contributed by atoms with Gasteiger partial charge in [-0.3, -0.25) is 4.79 Å². The van der Waals surface area contributed by atoms with Crippen molar-refractivity contribution in [3.8, 4) is 0 Å². The van der Waals surface area contributed by atoms with Crippen molar-refractivity contribution in [1.29, 1.82) is 0 Å². The molecule has 0 aliphatic carbocycles. The van der Waals surface area contributed by atoms with Crippen molar-refractivity contribution >= 4 is 43.2 Å². The van der Waals surface area contributed by atoms with Gasteiger partial charge in [-0.15, -0.1) is 11.3 Å². The van der Waals surface area contributed by atoms with E-state index < -0.39 is 16.1 Å². The number of benzene rings is 1. The van der Waals surface area contributed by atoms with Crippen molar-refractivity contribution in [2.75, 3.05) is 6.54 Å². The van der Waals surface area contributed by atoms with E-state index >= 15 is 0 Å². The van der Waals surface area contributed by atoms with Gasteiger partial charge in [0.2, 0.25) is 5.91 Å². The Balaban J connectivity index is 1.70. The minimum absolute atomic E-state index is 0.220. The number of amides is 1. The first-order chi connectivity index (χ1) is 11.9. The highest BCUT2D eigenvalue weighted by Crippen LogP contribution is 2.32. The maximum Gasteiger partial charge on any atom is 0.253 e. The summed E-state index contributed by atoms with van der Waals surface area (Å²) >= 11 is 4.39. The predicted octanol–water partition coefficient (Wildman–Crippen LogP) is 3.12. The highest BCUT2D eigenvalue weighted by Gasteiger charge is 2.39. The first kappa shape index (κ1) is 18.5. The molecule has 5 nitrogen and oxygen atoms in total. The number of thiophene rings is 1. The van der Waals surface area contributed by atoms with Crippen LogP contribution in [-0.2, 0) is 21.4 Å². The van der Waals surface area contributed by atoms with Gasteiger partial charge in [0, 0.05) is 13.1 Å². The summed E-state index contributed by atoms with van der Waals surface area (Å²) in [6.45, 7) is 0.556. The van der Waals surface area contributed by atoms with E-state index in [1.165, 1.54) is 22.5 Å². The third kappa shape index (κ3) is 4.11. The summed E-state index contributed by atoms with van der Waals surface area (Å²) in [6, 6.07) is 8.31. The number of sulfonamides is 1. The summed E-state index contributed by atoms with van der Waals surface area (Å²) in [5, 5.41) is 2.75. The Morgan fingerprint density at radius 2 is 2.00 bits per heavy atom. The van der Waals surface area contributed by atoms with Crippen LogP contribution in [-0.4, -0.2) is 31.2 Å². The number of halogens is 2. The molecule has 1 N–H and O–H groups in total. The van der Waals surface area contributed by atoms with Crippen molar-refractivity contribution in [2.24, 2.45) is 0 Å². The van der Waals surface area contributed by atoms with Gasteiger partial charge in [-0.2, -0.15) is 4.31 Å². The lowest BCUT2D eigenvalue weighted by Gasteiger charge is -2.22. The Hall–Kier alpha value is -1.29. The number of carbonyl (C=O) groups is 1. The molecule has 1 atom stereocenters.